The van der Waals surface area contributed by atoms with E-state index in [4.69, 9.17) is 0 Å². The van der Waals surface area contributed by atoms with Crippen molar-refractivity contribution in [3.05, 3.63) is 35.1 Å². The van der Waals surface area contributed by atoms with Gasteiger partial charge in [-0.15, -0.1) is 0 Å². The zero-order valence-electron chi connectivity index (χ0n) is 10.7. The topological polar surface area (TPSA) is 15.3 Å². The van der Waals surface area contributed by atoms with Gasteiger partial charge in [0.1, 0.15) is 5.82 Å². The quantitative estimate of drug-likeness (QED) is 0.628. The summed E-state index contributed by atoms with van der Waals surface area (Å²) in [7, 11) is 0. The van der Waals surface area contributed by atoms with Crippen LogP contribution in [0, 0.1) is 17.7 Å². The van der Waals surface area contributed by atoms with Gasteiger partial charge in [0.05, 0.1) is 12.1 Å². The Labute approximate surface area is 114 Å². The van der Waals surface area contributed by atoms with Crippen LogP contribution < -0.4 is 5.32 Å². The zero-order chi connectivity index (χ0) is 14.6. The second kappa shape index (κ2) is 6.25. The van der Waals surface area contributed by atoms with Gasteiger partial charge in [-0.2, -0.15) is 13.2 Å². The Morgan fingerprint density at radius 1 is 1.20 bits per heavy atom. The van der Waals surface area contributed by atoms with Crippen LogP contribution in [-0.4, -0.2) is 37.6 Å². The average Bonchev–Trinajstić information content (AvgIpc) is 2.40. The minimum absolute atomic E-state index is 0.175. The van der Waals surface area contributed by atoms with Gasteiger partial charge in [-0.1, -0.05) is 11.8 Å². The van der Waals surface area contributed by atoms with Crippen molar-refractivity contribution in [2.45, 2.75) is 6.18 Å². The van der Waals surface area contributed by atoms with E-state index >= 15 is 0 Å². The lowest BCUT2D eigenvalue weighted by Crippen LogP contribution is -2.43. The minimum Gasteiger partial charge on any atom is -0.314 e. The molecule has 1 aliphatic rings. The van der Waals surface area contributed by atoms with E-state index in [2.05, 4.69) is 22.1 Å². The minimum atomic E-state index is -4.69. The van der Waals surface area contributed by atoms with Gasteiger partial charge >= 0.3 is 6.18 Å². The van der Waals surface area contributed by atoms with Crippen molar-refractivity contribution in [3.63, 3.8) is 0 Å². The molecule has 1 fully saturated rings. The lowest BCUT2D eigenvalue weighted by molar-refractivity contribution is -0.140. The summed E-state index contributed by atoms with van der Waals surface area (Å²) in [4.78, 5) is 2.11. The lowest BCUT2D eigenvalue weighted by atomic mass is 10.1. The van der Waals surface area contributed by atoms with Crippen LogP contribution in [0.2, 0.25) is 0 Å². The average molecular weight is 286 g/mol. The summed E-state index contributed by atoms with van der Waals surface area (Å²) in [5.74, 6) is 4.21. The van der Waals surface area contributed by atoms with E-state index in [1.54, 1.807) is 0 Å². The largest absolute Gasteiger partial charge is 0.419 e. The van der Waals surface area contributed by atoms with E-state index < -0.39 is 17.6 Å². The van der Waals surface area contributed by atoms with Crippen LogP contribution in [0.1, 0.15) is 11.1 Å². The van der Waals surface area contributed by atoms with Crippen molar-refractivity contribution in [2.24, 2.45) is 0 Å². The fraction of sp³-hybridized carbons (Fsp3) is 0.429. The summed E-state index contributed by atoms with van der Waals surface area (Å²) < 4.78 is 50.7. The van der Waals surface area contributed by atoms with Crippen molar-refractivity contribution < 1.29 is 17.6 Å². The molecule has 0 atom stereocenters. The van der Waals surface area contributed by atoms with E-state index in [0.717, 1.165) is 38.3 Å². The molecule has 1 aromatic carbocycles. The van der Waals surface area contributed by atoms with E-state index in [0.29, 0.717) is 6.54 Å². The maximum Gasteiger partial charge on any atom is 0.419 e. The molecule has 0 spiro atoms. The number of piperazine rings is 1. The Kier molecular flexibility index (Phi) is 4.63. The highest BCUT2D eigenvalue weighted by molar-refractivity contribution is 5.39. The van der Waals surface area contributed by atoms with Crippen molar-refractivity contribution in [2.75, 3.05) is 32.7 Å². The van der Waals surface area contributed by atoms with E-state index in [-0.39, 0.29) is 5.56 Å². The Morgan fingerprint density at radius 2 is 1.90 bits per heavy atom. The molecule has 6 heteroatoms. The maximum atomic E-state index is 13.1. The van der Waals surface area contributed by atoms with E-state index in [1.807, 2.05) is 0 Å². The first-order chi connectivity index (χ1) is 9.47. The summed E-state index contributed by atoms with van der Waals surface area (Å²) in [6, 6.07) is 2.81. The Hall–Kier alpha value is -1.58. The first-order valence-electron chi connectivity index (χ1n) is 6.25. The zero-order valence-corrected chi connectivity index (χ0v) is 10.7. The molecule has 1 saturated heterocycles. The predicted octanol–water partition coefficient (Wildman–Crippen LogP) is 2.10. The van der Waals surface area contributed by atoms with Gasteiger partial charge in [0.25, 0.3) is 0 Å². The third-order valence-corrected chi connectivity index (χ3v) is 3.02. The summed E-state index contributed by atoms with van der Waals surface area (Å²) >= 11 is 0. The molecule has 0 aromatic heterocycles. The molecule has 20 heavy (non-hydrogen) atoms. The Morgan fingerprint density at radius 3 is 2.55 bits per heavy atom. The van der Waals surface area contributed by atoms with Crippen LogP contribution in [0.5, 0.6) is 0 Å². The molecule has 2 rings (SSSR count). The number of benzene rings is 1. The van der Waals surface area contributed by atoms with Gasteiger partial charge in [0.15, 0.2) is 0 Å². The molecule has 1 aromatic rings. The van der Waals surface area contributed by atoms with Crippen molar-refractivity contribution in [3.8, 4) is 11.8 Å². The maximum absolute atomic E-state index is 13.1. The van der Waals surface area contributed by atoms with Crippen molar-refractivity contribution in [1.29, 1.82) is 0 Å². The predicted molar refractivity (Wildman–Crippen MR) is 67.6 cm³/mol. The number of nitrogens with one attached hydrogen (secondary N) is 1. The van der Waals surface area contributed by atoms with Crippen LogP contribution >= 0.6 is 0 Å². The van der Waals surface area contributed by atoms with Gasteiger partial charge < -0.3 is 5.32 Å². The van der Waals surface area contributed by atoms with Gasteiger partial charge in [-0.25, -0.2) is 4.39 Å². The van der Waals surface area contributed by atoms with Crippen molar-refractivity contribution >= 4 is 0 Å². The molecule has 0 saturated carbocycles. The standard InChI is InChI=1S/C14H14F4N2/c15-13-4-3-11(10-12(13)14(16,17)18)2-1-7-20-8-5-19-6-9-20/h3-4,10,19H,5-9H2. The monoisotopic (exact) mass is 286 g/mol. The van der Waals surface area contributed by atoms with Gasteiger partial charge in [0, 0.05) is 31.7 Å². The molecule has 0 amide bonds. The number of hydrogen-bond donors (Lipinski definition) is 1. The number of nitrogens with zero attached hydrogens (tertiary/aromatic N) is 1. The fourth-order valence-corrected chi connectivity index (χ4v) is 1.94. The highest BCUT2D eigenvalue weighted by Gasteiger charge is 2.34. The molecular weight excluding hydrogens is 272 g/mol. The van der Waals surface area contributed by atoms with Crippen LogP contribution in [0.4, 0.5) is 17.6 Å². The second-order valence-electron chi connectivity index (χ2n) is 4.52. The molecule has 0 bridgehead atoms. The van der Waals surface area contributed by atoms with Gasteiger partial charge in [0.2, 0.25) is 0 Å². The number of halogens is 4. The smallest absolute Gasteiger partial charge is 0.314 e. The molecule has 0 unspecified atom stereocenters. The molecular formula is C14H14F4N2. The third kappa shape index (κ3) is 3.95. The SMILES string of the molecule is Fc1ccc(C#CCN2CCNCC2)cc1C(F)(F)F. The molecule has 108 valence electrons. The molecule has 1 aliphatic heterocycles. The summed E-state index contributed by atoms with van der Waals surface area (Å²) in [5, 5.41) is 3.20. The molecule has 1 heterocycles. The van der Waals surface area contributed by atoms with Gasteiger partial charge in [-0.3, -0.25) is 4.90 Å². The van der Waals surface area contributed by atoms with Crippen LogP contribution in [-0.2, 0) is 6.18 Å². The lowest BCUT2D eigenvalue weighted by Gasteiger charge is -2.24. The molecule has 0 aliphatic carbocycles. The Bertz CT molecular complexity index is 522. The van der Waals surface area contributed by atoms with Crippen molar-refractivity contribution in [1.82, 2.24) is 10.2 Å². The second-order valence-corrected chi connectivity index (χ2v) is 4.52. The number of rotatable bonds is 1. The summed E-state index contributed by atoms with van der Waals surface area (Å²) in [6.45, 7) is 4.01. The molecule has 0 radical (unpaired) electrons. The highest BCUT2D eigenvalue weighted by atomic mass is 19.4. The first-order valence-corrected chi connectivity index (χ1v) is 6.25. The number of hydrogen-bond acceptors (Lipinski definition) is 2. The summed E-state index contributed by atoms with van der Waals surface area (Å²) in [5.41, 5.74) is -1.10. The fourth-order valence-electron chi connectivity index (χ4n) is 1.94. The Balaban J connectivity index is 2.06. The van der Waals surface area contributed by atoms with E-state index in [9.17, 15) is 17.6 Å². The van der Waals surface area contributed by atoms with E-state index in [1.165, 1.54) is 6.07 Å². The first kappa shape index (κ1) is 14.8. The number of alkyl halides is 3. The molecule has 1 N–H and O–H groups in total. The van der Waals surface area contributed by atoms with Crippen LogP contribution in [0.25, 0.3) is 0 Å². The van der Waals surface area contributed by atoms with Gasteiger partial charge in [-0.05, 0) is 18.2 Å². The molecule has 2 nitrogen and oxygen atoms in total. The van der Waals surface area contributed by atoms with Crippen LogP contribution in [0.3, 0.4) is 0 Å². The third-order valence-electron chi connectivity index (χ3n) is 3.02. The normalized spacial score (nSPS) is 16.6. The highest BCUT2D eigenvalue weighted by Crippen LogP contribution is 2.31. The summed E-state index contributed by atoms with van der Waals surface area (Å²) in [6.07, 6.45) is -4.69. The van der Waals surface area contributed by atoms with Crippen LogP contribution in [0.15, 0.2) is 18.2 Å².